The number of hydrogen-bond donors (Lipinski definition) is 1. The molecule has 122 valence electrons. The lowest BCUT2D eigenvalue weighted by molar-refractivity contribution is -0.384. The summed E-state index contributed by atoms with van der Waals surface area (Å²) >= 11 is 0. The van der Waals surface area contributed by atoms with Crippen molar-refractivity contribution in [1.82, 2.24) is 0 Å². The van der Waals surface area contributed by atoms with Crippen LogP contribution >= 0.6 is 0 Å². The van der Waals surface area contributed by atoms with E-state index in [1.165, 1.54) is 41.0 Å². The average molecular weight is 330 g/mol. The number of amides is 1. The van der Waals surface area contributed by atoms with Crippen molar-refractivity contribution in [3.05, 3.63) is 93.5 Å². The first-order valence-electron chi connectivity index (χ1n) is 7.89. The van der Waals surface area contributed by atoms with Gasteiger partial charge < -0.3 is 5.32 Å². The molecule has 5 heteroatoms. The highest BCUT2D eigenvalue weighted by Crippen LogP contribution is 2.37. The molecule has 0 saturated carbocycles. The number of rotatable bonds is 3. The average Bonchev–Trinajstić information content (AvgIpc) is 3.00. The highest BCUT2D eigenvalue weighted by Gasteiger charge is 2.18. The summed E-state index contributed by atoms with van der Waals surface area (Å²) in [7, 11) is 0. The van der Waals surface area contributed by atoms with Gasteiger partial charge in [0.15, 0.2) is 0 Å². The zero-order valence-corrected chi connectivity index (χ0v) is 13.2. The van der Waals surface area contributed by atoms with Gasteiger partial charge in [0.25, 0.3) is 11.6 Å². The number of carbonyl (C=O) groups is 1. The Morgan fingerprint density at radius 2 is 1.64 bits per heavy atom. The number of nitro benzene ring substituents is 1. The third kappa shape index (κ3) is 2.76. The van der Waals surface area contributed by atoms with Crippen molar-refractivity contribution in [2.75, 3.05) is 5.32 Å². The van der Waals surface area contributed by atoms with E-state index in [4.69, 9.17) is 0 Å². The van der Waals surface area contributed by atoms with E-state index in [0.717, 1.165) is 12.0 Å². The molecule has 0 bridgehead atoms. The molecule has 1 N–H and O–H groups in total. The van der Waals surface area contributed by atoms with E-state index in [1.807, 2.05) is 30.3 Å². The lowest BCUT2D eigenvalue weighted by Gasteiger charge is -2.08. The van der Waals surface area contributed by atoms with Gasteiger partial charge in [-0.25, -0.2) is 0 Å². The van der Waals surface area contributed by atoms with Crippen LogP contribution in [0, 0.1) is 10.1 Å². The first kappa shape index (κ1) is 15.1. The molecule has 0 unspecified atom stereocenters. The third-order valence-corrected chi connectivity index (χ3v) is 4.40. The van der Waals surface area contributed by atoms with Crippen LogP contribution in [0.15, 0.2) is 66.7 Å². The first-order valence-corrected chi connectivity index (χ1v) is 7.89. The molecule has 0 heterocycles. The molecule has 1 amide bonds. The molecule has 0 saturated heterocycles. The largest absolute Gasteiger partial charge is 0.322 e. The summed E-state index contributed by atoms with van der Waals surface area (Å²) < 4.78 is 0. The summed E-state index contributed by atoms with van der Waals surface area (Å²) in [6.45, 7) is 0. The highest BCUT2D eigenvalue weighted by atomic mass is 16.6. The molecule has 0 fully saturated rings. The van der Waals surface area contributed by atoms with Gasteiger partial charge in [-0.2, -0.15) is 0 Å². The predicted octanol–water partition coefficient (Wildman–Crippen LogP) is 4.42. The van der Waals surface area contributed by atoms with E-state index in [1.54, 1.807) is 0 Å². The van der Waals surface area contributed by atoms with Crippen LogP contribution in [0.5, 0.6) is 0 Å². The van der Waals surface area contributed by atoms with Crippen molar-refractivity contribution < 1.29 is 9.72 Å². The van der Waals surface area contributed by atoms with Crippen LogP contribution in [-0.4, -0.2) is 10.8 Å². The highest BCUT2D eigenvalue weighted by molar-refractivity contribution is 6.04. The van der Waals surface area contributed by atoms with Gasteiger partial charge in [-0.05, 0) is 52.9 Å². The quantitative estimate of drug-likeness (QED) is 0.446. The van der Waals surface area contributed by atoms with Gasteiger partial charge >= 0.3 is 0 Å². The lowest BCUT2D eigenvalue weighted by atomic mass is 10.1. The van der Waals surface area contributed by atoms with Gasteiger partial charge in [0.2, 0.25) is 0 Å². The number of non-ortho nitro benzene ring substituents is 1. The number of nitrogens with one attached hydrogen (secondary N) is 1. The maximum Gasteiger partial charge on any atom is 0.269 e. The summed E-state index contributed by atoms with van der Waals surface area (Å²) in [6.07, 6.45) is 0.905. The minimum Gasteiger partial charge on any atom is -0.322 e. The summed E-state index contributed by atoms with van der Waals surface area (Å²) in [5, 5.41) is 13.5. The molecule has 3 aromatic carbocycles. The Kier molecular flexibility index (Phi) is 3.54. The van der Waals surface area contributed by atoms with Gasteiger partial charge in [0.1, 0.15) is 0 Å². The molecule has 0 aliphatic heterocycles. The van der Waals surface area contributed by atoms with Crippen LogP contribution < -0.4 is 5.32 Å². The van der Waals surface area contributed by atoms with E-state index in [2.05, 4.69) is 17.4 Å². The topological polar surface area (TPSA) is 72.2 Å². The Hall–Kier alpha value is -3.47. The maximum atomic E-state index is 12.4. The first-order chi connectivity index (χ1) is 12.1. The van der Waals surface area contributed by atoms with Crippen LogP contribution in [0.1, 0.15) is 21.5 Å². The number of anilines is 1. The van der Waals surface area contributed by atoms with Crippen molar-refractivity contribution in [2.24, 2.45) is 0 Å². The molecule has 0 spiro atoms. The molecule has 4 rings (SSSR count). The van der Waals surface area contributed by atoms with E-state index >= 15 is 0 Å². The van der Waals surface area contributed by atoms with Crippen LogP contribution in [-0.2, 0) is 6.42 Å². The fourth-order valence-electron chi connectivity index (χ4n) is 3.14. The third-order valence-electron chi connectivity index (χ3n) is 4.40. The number of nitro groups is 1. The Morgan fingerprint density at radius 1 is 0.920 bits per heavy atom. The van der Waals surface area contributed by atoms with Gasteiger partial charge in [-0.15, -0.1) is 0 Å². The second kappa shape index (κ2) is 5.87. The molecule has 0 atom stereocenters. The summed E-state index contributed by atoms with van der Waals surface area (Å²) in [6, 6.07) is 19.7. The molecule has 1 aliphatic rings. The number of carbonyl (C=O) groups excluding carboxylic acids is 1. The Labute approximate surface area is 144 Å². The van der Waals surface area contributed by atoms with Gasteiger partial charge in [0, 0.05) is 23.4 Å². The van der Waals surface area contributed by atoms with Crippen molar-refractivity contribution >= 4 is 17.3 Å². The van der Waals surface area contributed by atoms with Crippen LogP contribution in [0.3, 0.4) is 0 Å². The molecule has 5 nitrogen and oxygen atoms in total. The number of fused-ring (bicyclic) bond motifs is 3. The Morgan fingerprint density at radius 3 is 2.40 bits per heavy atom. The normalized spacial score (nSPS) is 11.5. The van der Waals surface area contributed by atoms with Crippen LogP contribution in [0.2, 0.25) is 0 Å². The molecule has 25 heavy (non-hydrogen) atoms. The second-order valence-electron chi connectivity index (χ2n) is 5.96. The van der Waals surface area contributed by atoms with Crippen LogP contribution in [0.4, 0.5) is 11.4 Å². The van der Waals surface area contributed by atoms with Gasteiger partial charge in [0.05, 0.1) is 4.92 Å². The van der Waals surface area contributed by atoms with Gasteiger partial charge in [-0.3, -0.25) is 14.9 Å². The number of hydrogen-bond acceptors (Lipinski definition) is 3. The zero-order valence-electron chi connectivity index (χ0n) is 13.2. The molecular weight excluding hydrogens is 316 g/mol. The summed E-state index contributed by atoms with van der Waals surface area (Å²) in [4.78, 5) is 22.6. The molecule has 3 aromatic rings. The van der Waals surface area contributed by atoms with E-state index in [0.29, 0.717) is 11.3 Å². The summed E-state index contributed by atoms with van der Waals surface area (Å²) in [5.41, 5.74) is 5.92. The molecular formula is C20H14N2O3. The molecule has 1 aliphatic carbocycles. The van der Waals surface area contributed by atoms with Crippen molar-refractivity contribution in [1.29, 1.82) is 0 Å². The fourth-order valence-corrected chi connectivity index (χ4v) is 3.14. The lowest BCUT2D eigenvalue weighted by Crippen LogP contribution is -2.11. The fraction of sp³-hybridized carbons (Fsp3) is 0.0500. The number of nitrogens with zero attached hydrogens (tertiary/aromatic N) is 1. The maximum absolute atomic E-state index is 12.4. The predicted molar refractivity (Wildman–Crippen MR) is 95.7 cm³/mol. The van der Waals surface area contributed by atoms with E-state index in [-0.39, 0.29) is 11.6 Å². The number of benzene rings is 3. The molecule has 0 radical (unpaired) electrons. The summed E-state index contributed by atoms with van der Waals surface area (Å²) in [5.74, 6) is -0.291. The van der Waals surface area contributed by atoms with E-state index in [9.17, 15) is 14.9 Å². The smallest absolute Gasteiger partial charge is 0.269 e. The van der Waals surface area contributed by atoms with Crippen molar-refractivity contribution in [3.63, 3.8) is 0 Å². The van der Waals surface area contributed by atoms with E-state index < -0.39 is 4.92 Å². The van der Waals surface area contributed by atoms with Crippen molar-refractivity contribution in [3.8, 4) is 11.1 Å². The minimum atomic E-state index is -0.486. The minimum absolute atomic E-state index is 0.0364. The zero-order chi connectivity index (χ0) is 17.4. The second-order valence-corrected chi connectivity index (χ2v) is 5.96. The SMILES string of the molecule is O=C(Nc1ccc2c(c1)-c1ccccc1C2)c1ccc([N+](=O)[O-])cc1. The van der Waals surface area contributed by atoms with Crippen LogP contribution in [0.25, 0.3) is 11.1 Å². The molecule has 0 aromatic heterocycles. The monoisotopic (exact) mass is 330 g/mol. The Bertz CT molecular complexity index is 994. The Balaban J connectivity index is 1.58. The van der Waals surface area contributed by atoms with Gasteiger partial charge in [-0.1, -0.05) is 30.3 Å². The van der Waals surface area contributed by atoms with Crippen molar-refractivity contribution in [2.45, 2.75) is 6.42 Å². The standard InChI is InChI=1S/C20H14N2O3/c23-20(13-6-9-17(10-7-13)22(24)25)21-16-8-5-15-11-14-3-1-2-4-18(14)19(15)12-16/h1-10,12H,11H2,(H,21,23).